The minimum atomic E-state index is -0.187. The van der Waals surface area contributed by atoms with E-state index < -0.39 is 0 Å². The Morgan fingerprint density at radius 3 is 1.99 bits per heavy atom. The van der Waals surface area contributed by atoms with Crippen LogP contribution in [0.1, 0.15) is 103 Å². The molecule has 68 heavy (non-hydrogen) atoms. The van der Waals surface area contributed by atoms with Crippen LogP contribution in [0.15, 0.2) is 142 Å². The number of nitrogens with one attached hydrogen (secondary N) is 1. The largest absolute Gasteiger partial charge is 0.456 e. The molecule has 0 radical (unpaired) electrons. The average molecular weight is 883 g/mol. The van der Waals surface area contributed by atoms with Crippen molar-refractivity contribution in [2.45, 2.75) is 96.8 Å². The summed E-state index contributed by atoms with van der Waals surface area (Å²) in [5.74, 6) is 0. The lowest BCUT2D eigenvalue weighted by molar-refractivity contribution is 0.332. The van der Waals surface area contributed by atoms with Gasteiger partial charge in [-0.3, -0.25) is 0 Å². The summed E-state index contributed by atoms with van der Waals surface area (Å²) in [7, 11) is 0.715. The molecule has 14 rings (SSSR count). The molecule has 0 amide bonds. The van der Waals surface area contributed by atoms with E-state index in [0.29, 0.717) is 7.28 Å². The van der Waals surface area contributed by atoms with Crippen LogP contribution in [0.5, 0.6) is 0 Å². The lowest BCUT2D eigenvalue weighted by atomic mass is 9.58. The number of para-hydroxylation sites is 2. The SMILES string of the molecule is CC(C)(C)c1ccc(Nc2cc3c(cc2-c2c4c5c(c6cc7c(cc6n5-c5cc6c(cc5B4)oc4ccccc46)C(C)(C)CCC7(C)C)c4c2oc2ccccc24)-c2ccccc2C3(C)C)cc1. The van der Waals surface area contributed by atoms with Crippen LogP contribution < -0.4 is 16.2 Å². The molecule has 8 aromatic carbocycles. The molecule has 3 aliphatic rings. The fraction of sp³-hybridized carbons (Fsp3) is 0.238. The van der Waals surface area contributed by atoms with E-state index in [1.807, 2.05) is 0 Å². The van der Waals surface area contributed by atoms with Gasteiger partial charge in [0.05, 0.1) is 11.0 Å². The Bertz CT molecular complexity index is 4030. The van der Waals surface area contributed by atoms with E-state index in [9.17, 15) is 0 Å². The van der Waals surface area contributed by atoms with E-state index in [1.54, 1.807) is 0 Å². The highest BCUT2D eigenvalue weighted by atomic mass is 16.3. The molecule has 11 aromatic rings. The molecule has 332 valence electrons. The van der Waals surface area contributed by atoms with Crippen LogP contribution in [0.4, 0.5) is 11.4 Å². The lowest BCUT2D eigenvalue weighted by Gasteiger charge is -2.42. The molecule has 0 saturated carbocycles. The summed E-state index contributed by atoms with van der Waals surface area (Å²) in [6.45, 7) is 21.4. The molecule has 0 atom stereocenters. The zero-order chi connectivity index (χ0) is 46.4. The van der Waals surface area contributed by atoms with Crippen molar-refractivity contribution in [2.75, 3.05) is 5.32 Å². The Labute approximate surface area is 398 Å². The van der Waals surface area contributed by atoms with Crippen LogP contribution >= 0.6 is 0 Å². The first-order valence-electron chi connectivity index (χ1n) is 24.7. The second-order valence-electron chi connectivity index (χ2n) is 23.2. The quantitative estimate of drug-likeness (QED) is 0.180. The van der Waals surface area contributed by atoms with Gasteiger partial charge < -0.3 is 18.7 Å². The summed E-state index contributed by atoms with van der Waals surface area (Å²) < 4.78 is 16.7. The summed E-state index contributed by atoms with van der Waals surface area (Å²) >= 11 is 0. The number of rotatable bonds is 3. The minimum Gasteiger partial charge on any atom is -0.456 e. The van der Waals surface area contributed by atoms with Crippen LogP contribution in [0.2, 0.25) is 0 Å². The number of furan rings is 2. The third-order valence-electron chi connectivity index (χ3n) is 16.8. The highest BCUT2D eigenvalue weighted by Gasteiger charge is 2.41. The van der Waals surface area contributed by atoms with Gasteiger partial charge in [-0.25, -0.2) is 0 Å². The predicted molar refractivity (Wildman–Crippen MR) is 288 cm³/mol. The van der Waals surface area contributed by atoms with E-state index in [1.165, 1.54) is 82.7 Å². The third-order valence-corrected chi connectivity index (χ3v) is 16.8. The van der Waals surface area contributed by atoms with Crippen molar-refractivity contribution >= 4 is 95.3 Å². The molecular weight excluding hydrogens is 828 g/mol. The van der Waals surface area contributed by atoms with Crippen molar-refractivity contribution in [3.05, 3.63) is 161 Å². The minimum absolute atomic E-state index is 0.0315. The fourth-order valence-electron chi connectivity index (χ4n) is 12.9. The molecule has 4 nitrogen and oxygen atoms in total. The number of anilines is 2. The Morgan fingerprint density at radius 1 is 0.559 bits per heavy atom. The van der Waals surface area contributed by atoms with Crippen molar-refractivity contribution in [1.82, 2.24) is 4.57 Å². The lowest BCUT2D eigenvalue weighted by Crippen LogP contribution is -2.37. The van der Waals surface area contributed by atoms with E-state index in [-0.39, 0.29) is 21.7 Å². The predicted octanol–water partition coefficient (Wildman–Crippen LogP) is 15.6. The van der Waals surface area contributed by atoms with Gasteiger partial charge in [-0.15, -0.1) is 0 Å². The van der Waals surface area contributed by atoms with E-state index in [4.69, 9.17) is 8.83 Å². The second kappa shape index (κ2) is 13.2. The zero-order valence-electron chi connectivity index (χ0n) is 40.6. The van der Waals surface area contributed by atoms with E-state index >= 15 is 0 Å². The van der Waals surface area contributed by atoms with Crippen LogP contribution in [0.25, 0.3) is 93.6 Å². The highest BCUT2D eigenvalue weighted by Crippen LogP contribution is 2.55. The molecular formula is C63H55BN2O2. The monoisotopic (exact) mass is 882 g/mol. The van der Waals surface area contributed by atoms with Gasteiger partial charge in [0.2, 0.25) is 0 Å². The standard InChI is InChI=1S/C63H55BN2O2/c1-60(2,3)34-22-24-35(25-23-34)65-48-31-44-39(36-16-10-13-19-43(36)63(44,8)9)28-41(48)56-57-58-54(55-38-18-12-15-21-52(38)68-59(55)56)42-29-45-46(62(6,7)27-26-61(45,4)5)32-49(42)66(58)50-30-40-37-17-11-14-20-51(37)67-53(40)33-47(50)64-57/h10-25,28-33,64-65H,26-27H2,1-9H3. The summed E-state index contributed by atoms with van der Waals surface area (Å²) in [4.78, 5) is 0. The molecule has 0 spiro atoms. The molecule has 1 aliphatic heterocycles. The molecule has 3 aromatic heterocycles. The van der Waals surface area contributed by atoms with E-state index in [2.05, 4.69) is 206 Å². The smallest absolute Gasteiger partial charge is 0.198 e. The van der Waals surface area contributed by atoms with Gasteiger partial charge in [0, 0.05) is 65.9 Å². The first kappa shape index (κ1) is 40.1. The molecule has 0 saturated heterocycles. The second-order valence-corrected chi connectivity index (χ2v) is 23.2. The van der Waals surface area contributed by atoms with Gasteiger partial charge in [0.15, 0.2) is 7.28 Å². The topological polar surface area (TPSA) is 43.2 Å². The van der Waals surface area contributed by atoms with Gasteiger partial charge in [0.25, 0.3) is 0 Å². The first-order valence-corrected chi connectivity index (χ1v) is 24.7. The fourth-order valence-corrected chi connectivity index (χ4v) is 12.9. The average Bonchev–Trinajstić information content (AvgIpc) is 4.04. The number of aromatic nitrogens is 1. The van der Waals surface area contributed by atoms with Crippen molar-refractivity contribution in [1.29, 1.82) is 0 Å². The van der Waals surface area contributed by atoms with Crippen LogP contribution in [0, 0.1) is 0 Å². The Hall–Kier alpha value is -6.98. The summed E-state index contributed by atoms with van der Waals surface area (Å²) in [5, 5.41) is 11.3. The Kier molecular flexibility index (Phi) is 7.77. The molecule has 5 heteroatoms. The van der Waals surface area contributed by atoms with Crippen molar-refractivity contribution in [2.24, 2.45) is 0 Å². The molecule has 0 bridgehead atoms. The summed E-state index contributed by atoms with van der Waals surface area (Å²) in [6, 6.07) is 50.1. The van der Waals surface area contributed by atoms with Crippen LogP contribution in [-0.4, -0.2) is 11.8 Å². The van der Waals surface area contributed by atoms with Gasteiger partial charge >= 0.3 is 0 Å². The normalized spacial score (nSPS) is 16.4. The van der Waals surface area contributed by atoms with Gasteiger partial charge in [-0.2, -0.15) is 0 Å². The number of hydrogen-bond donors (Lipinski definition) is 1. The Balaban J connectivity index is 1.17. The molecule has 0 unspecified atom stereocenters. The van der Waals surface area contributed by atoms with Crippen molar-refractivity contribution < 1.29 is 8.83 Å². The molecule has 0 fully saturated rings. The maximum atomic E-state index is 7.39. The van der Waals surface area contributed by atoms with Gasteiger partial charge in [-0.1, -0.05) is 141 Å². The molecule has 2 aliphatic carbocycles. The van der Waals surface area contributed by atoms with Crippen molar-refractivity contribution in [3.8, 4) is 27.9 Å². The zero-order valence-corrected chi connectivity index (χ0v) is 40.6. The van der Waals surface area contributed by atoms with Crippen molar-refractivity contribution in [3.63, 3.8) is 0 Å². The van der Waals surface area contributed by atoms with Crippen LogP contribution in [0.3, 0.4) is 0 Å². The van der Waals surface area contributed by atoms with Crippen LogP contribution in [-0.2, 0) is 21.7 Å². The van der Waals surface area contributed by atoms with Gasteiger partial charge in [-0.05, 0) is 134 Å². The maximum absolute atomic E-state index is 7.39. The van der Waals surface area contributed by atoms with Gasteiger partial charge in [0.1, 0.15) is 22.3 Å². The highest BCUT2D eigenvalue weighted by molar-refractivity contribution is 6.74. The summed E-state index contributed by atoms with van der Waals surface area (Å²) in [5.41, 5.74) is 23.8. The number of hydrogen-bond acceptors (Lipinski definition) is 3. The number of benzene rings is 8. The third kappa shape index (κ3) is 5.33. The Morgan fingerprint density at radius 2 is 1.24 bits per heavy atom. The number of fused-ring (bicyclic) bond motifs is 16. The molecule has 1 N–H and O–H groups in total. The number of nitrogens with zero attached hydrogens (tertiary/aromatic N) is 1. The first-order chi connectivity index (χ1) is 32.6. The summed E-state index contributed by atoms with van der Waals surface area (Å²) in [6.07, 6.45) is 2.30. The van der Waals surface area contributed by atoms with E-state index in [0.717, 1.165) is 73.8 Å². The molecule has 4 heterocycles. The maximum Gasteiger partial charge on any atom is 0.198 e.